The Labute approximate surface area is 575 Å². The Morgan fingerprint density at radius 2 is 0.489 bits per heavy atom. The monoisotopic (exact) mass is 1380 g/mol. The van der Waals surface area contributed by atoms with Crippen LogP contribution in [-0.4, -0.2) is 96.7 Å². The number of rotatable bonds is 74. The molecule has 0 aromatic heterocycles. The second-order valence-electron chi connectivity index (χ2n) is 28.0. The number of aliphatic hydroxyl groups is 1. The number of aliphatic hydroxyl groups excluding tert-OH is 1. The highest BCUT2D eigenvalue weighted by Crippen LogP contribution is 2.45. The maximum atomic E-state index is 13.1. The minimum Gasteiger partial charge on any atom is -0.462 e. The molecule has 0 amide bonds. The van der Waals surface area contributed by atoms with E-state index in [-0.39, 0.29) is 25.7 Å². The zero-order valence-electron chi connectivity index (χ0n) is 61.3. The Morgan fingerprint density at radius 1 is 0.287 bits per heavy atom. The lowest BCUT2D eigenvalue weighted by atomic mass is 10.0. The first-order chi connectivity index (χ1) is 45.4. The van der Waals surface area contributed by atoms with Crippen molar-refractivity contribution >= 4 is 39.5 Å². The number of carbonyl (C=O) groups is 4. The molecule has 0 bridgehead atoms. The van der Waals surface area contributed by atoms with Gasteiger partial charge in [0.2, 0.25) is 0 Å². The smallest absolute Gasteiger partial charge is 0.462 e. The summed E-state index contributed by atoms with van der Waals surface area (Å²) in [7, 11) is -9.89. The molecule has 0 saturated heterocycles. The van der Waals surface area contributed by atoms with Crippen LogP contribution in [0.3, 0.4) is 0 Å². The van der Waals surface area contributed by atoms with Crippen LogP contribution in [0.2, 0.25) is 0 Å². The molecule has 0 rings (SSSR count). The van der Waals surface area contributed by atoms with Crippen LogP contribution < -0.4 is 0 Å². The maximum Gasteiger partial charge on any atom is 0.472 e. The van der Waals surface area contributed by atoms with Gasteiger partial charge in [0.15, 0.2) is 12.2 Å². The van der Waals surface area contributed by atoms with Crippen molar-refractivity contribution < 1.29 is 80.2 Å². The minimum absolute atomic E-state index is 0.106. The average Bonchev–Trinajstić information content (AvgIpc) is 1.55. The molecule has 0 aromatic rings. The molecule has 3 N–H and O–H groups in total. The molecule has 0 aliphatic rings. The lowest BCUT2D eigenvalue weighted by Crippen LogP contribution is -2.30. The Balaban J connectivity index is 5.11. The SMILES string of the molecule is CCCCCCCCCCCCC(=O)O[C@H](COC(=O)CCCCCCC)COP(=O)(O)OC[C@H](O)COP(=O)(O)OC[C@@H](COC(=O)CCCCCCCCCCCCCCCCCC(C)C)OC(=O)CCCCCCCCCCCCCCCCCCCCC(C)C. The van der Waals surface area contributed by atoms with Gasteiger partial charge in [-0.15, -0.1) is 0 Å². The third kappa shape index (κ3) is 68.6. The maximum absolute atomic E-state index is 13.1. The molecule has 558 valence electrons. The van der Waals surface area contributed by atoms with Crippen LogP contribution in [0, 0.1) is 11.8 Å². The van der Waals surface area contributed by atoms with E-state index in [0.717, 1.165) is 108 Å². The highest BCUT2D eigenvalue weighted by atomic mass is 31.2. The largest absolute Gasteiger partial charge is 0.472 e. The Hall–Kier alpha value is -1.94. The fraction of sp³-hybridized carbons (Fsp3) is 0.947. The van der Waals surface area contributed by atoms with Crippen LogP contribution in [0.5, 0.6) is 0 Å². The predicted molar refractivity (Wildman–Crippen MR) is 381 cm³/mol. The van der Waals surface area contributed by atoms with E-state index in [2.05, 4.69) is 41.5 Å². The number of phosphoric acid groups is 2. The van der Waals surface area contributed by atoms with Crippen molar-refractivity contribution in [2.45, 2.75) is 407 Å². The van der Waals surface area contributed by atoms with Gasteiger partial charge in [-0.1, -0.05) is 337 Å². The Bertz CT molecular complexity index is 1820. The second-order valence-corrected chi connectivity index (χ2v) is 30.9. The second kappa shape index (κ2) is 66.9. The summed E-state index contributed by atoms with van der Waals surface area (Å²) in [6.07, 6.45) is 54.6. The number of phosphoric ester groups is 2. The van der Waals surface area contributed by atoms with E-state index in [1.807, 2.05) is 0 Å². The van der Waals surface area contributed by atoms with Crippen LogP contribution in [0.1, 0.15) is 388 Å². The molecule has 0 saturated carbocycles. The van der Waals surface area contributed by atoms with E-state index in [9.17, 15) is 43.2 Å². The summed E-state index contributed by atoms with van der Waals surface area (Å²) >= 11 is 0. The van der Waals surface area contributed by atoms with E-state index in [4.69, 9.17) is 37.0 Å². The van der Waals surface area contributed by atoms with Crippen LogP contribution in [0.15, 0.2) is 0 Å². The Morgan fingerprint density at radius 3 is 0.723 bits per heavy atom. The predicted octanol–water partition coefficient (Wildman–Crippen LogP) is 21.9. The lowest BCUT2D eigenvalue weighted by molar-refractivity contribution is -0.161. The van der Waals surface area contributed by atoms with Crippen LogP contribution in [-0.2, 0) is 65.4 Å². The molecule has 5 atom stereocenters. The van der Waals surface area contributed by atoms with Gasteiger partial charge in [-0.25, -0.2) is 9.13 Å². The quantitative estimate of drug-likeness (QED) is 0.0222. The number of esters is 4. The molecule has 0 heterocycles. The van der Waals surface area contributed by atoms with Crippen molar-refractivity contribution in [3.05, 3.63) is 0 Å². The summed E-state index contributed by atoms with van der Waals surface area (Å²) in [5.41, 5.74) is 0. The van der Waals surface area contributed by atoms with Crippen LogP contribution >= 0.6 is 15.6 Å². The number of carbonyl (C=O) groups excluding carboxylic acids is 4. The van der Waals surface area contributed by atoms with Gasteiger partial charge < -0.3 is 33.8 Å². The van der Waals surface area contributed by atoms with Gasteiger partial charge in [-0.05, 0) is 37.5 Å². The summed E-state index contributed by atoms with van der Waals surface area (Å²) in [6, 6.07) is 0. The minimum atomic E-state index is -4.95. The highest BCUT2D eigenvalue weighted by Gasteiger charge is 2.30. The van der Waals surface area contributed by atoms with E-state index < -0.39 is 97.5 Å². The van der Waals surface area contributed by atoms with Crippen LogP contribution in [0.4, 0.5) is 0 Å². The zero-order chi connectivity index (χ0) is 69.3. The zero-order valence-corrected chi connectivity index (χ0v) is 63.1. The fourth-order valence-corrected chi connectivity index (χ4v) is 13.1. The third-order valence-electron chi connectivity index (χ3n) is 17.5. The van der Waals surface area contributed by atoms with Gasteiger partial charge in [-0.3, -0.25) is 37.3 Å². The molecule has 0 aliphatic heterocycles. The molecule has 0 spiro atoms. The standard InChI is InChI=1S/C75H146O17P2/c1-7-9-11-13-14-15-35-41-47-53-59-74(79)91-70(63-85-72(77)57-51-43-12-10-8-2)65-89-93(81,82)87-61-69(76)62-88-94(83,84)90-66-71(64-86-73(78)58-52-46-40-36-31-27-24-20-22-26-30-34-39-45-50-56-68(5)6)92-75(80)60-54-48-42-37-32-28-23-19-17-16-18-21-25-29-33-38-44-49-55-67(3)4/h67-71,76H,7-66H2,1-6H3,(H,81,82)(H,83,84)/t69-,70+,71+/m0/s1. The van der Waals surface area contributed by atoms with Gasteiger partial charge in [-0.2, -0.15) is 0 Å². The molecule has 0 aromatic carbocycles. The fourth-order valence-electron chi connectivity index (χ4n) is 11.5. The Kier molecular flexibility index (Phi) is 65.5. The third-order valence-corrected chi connectivity index (χ3v) is 19.4. The summed E-state index contributed by atoms with van der Waals surface area (Å²) in [5, 5.41) is 10.6. The number of hydrogen-bond acceptors (Lipinski definition) is 15. The number of unbranched alkanes of at least 4 members (excludes halogenated alkanes) is 44. The molecule has 0 radical (unpaired) electrons. The van der Waals surface area contributed by atoms with E-state index in [0.29, 0.717) is 25.7 Å². The van der Waals surface area contributed by atoms with E-state index in [1.54, 1.807) is 0 Å². The molecule has 19 heteroatoms. The highest BCUT2D eigenvalue weighted by molar-refractivity contribution is 7.47. The molecular weight excluding hydrogens is 1230 g/mol. The normalized spacial score (nSPS) is 14.0. The summed E-state index contributed by atoms with van der Waals surface area (Å²) in [6.45, 7) is 9.55. The van der Waals surface area contributed by atoms with Crippen molar-refractivity contribution in [1.29, 1.82) is 0 Å². The first-order valence-electron chi connectivity index (χ1n) is 39.0. The number of hydrogen-bond donors (Lipinski definition) is 3. The molecule has 0 fully saturated rings. The summed E-state index contributed by atoms with van der Waals surface area (Å²) < 4.78 is 68.2. The van der Waals surface area contributed by atoms with Crippen molar-refractivity contribution in [3.8, 4) is 0 Å². The molecular formula is C75H146O17P2. The first kappa shape index (κ1) is 92.1. The van der Waals surface area contributed by atoms with Crippen molar-refractivity contribution in [3.63, 3.8) is 0 Å². The van der Waals surface area contributed by atoms with Gasteiger partial charge in [0.1, 0.15) is 19.3 Å². The van der Waals surface area contributed by atoms with E-state index >= 15 is 0 Å². The van der Waals surface area contributed by atoms with Crippen LogP contribution in [0.25, 0.3) is 0 Å². The van der Waals surface area contributed by atoms with Gasteiger partial charge in [0, 0.05) is 25.7 Å². The van der Waals surface area contributed by atoms with Gasteiger partial charge >= 0.3 is 39.5 Å². The summed E-state index contributed by atoms with van der Waals surface area (Å²) in [4.78, 5) is 72.4. The first-order valence-corrected chi connectivity index (χ1v) is 42.0. The van der Waals surface area contributed by atoms with Crippen molar-refractivity contribution in [2.24, 2.45) is 11.8 Å². The van der Waals surface area contributed by atoms with Gasteiger partial charge in [0.25, 0.3) is 0 Å². The number of ether oxygens (including phenoxy) is 4. The molecule has 17 nitrogen and oxygen atoms in total. The van der Waals surface area contributed by atoms with E-state index in [1.165, 1.54) is 199 Å². The molecule has 94 heavy (non-hydrogen) atoms. The topological polar surface area (TPSA) is 237 Å². The molecule has 2 unspecified atom stereocenters. The van der Waals surface area contributed by atoms with Crippen molar-refractivity contribution in [1.82, 2.24) is 0 Å². The van der Waals surface area contributed by atoms with Gasteiger partial charge in [0.05, 0.1) is 26.4 Å². The lowest BCUT2D eigenvalue weighted by Gasteiger charge is -2.21. The van der Waals surface area contributed by atoms with Crippen molar-refractivity contribution in [2.75, 3.05) is 39.6 Å². The average molecular weight is 1380 g/mol. The summed E-state index contributed by atoms with van der Waals surface area (Å²) in [5.74, 6) is -0.503. The molecule has 0 aliphatic carbocycles.